The summed E-state index contributed by atoms with van der Waals surface area (Å²) < 4.78 is 10.7. The molecule has 2 N–H and O–H groups in total. The summed E-state index contributed by atoms with van der Waals surface area (Å²) in [6.45, 7) is 0.288. The van der Waals surface area contributed by atoms with Gasteiger partial charge >= 0.3 is 5.63 Å². The minimum absolute atomic E-state index is 0.0127. The Morgan fingerprint density at radius 1 is 1.12 bits per heavy atom. The molecule has 2 aromatic heterocycles. The molecule has 2 amide bonds. The zero-order valence-electron chi connectivity index (χ0n) is 18.1. The fourth-order valence-electron chi connectivity index (χ4n) is 3.24. The molecule has 0 spiro atoms. The molecule has 0 saturated heterocycles. The number of aromatic nitrogens is 1. The number of nitrogens with zero attached hydrogens (tertiary/aromatic N) is 1. The molecule has 0 aliphatic rings. The zero-order chi connectivity index (χ0) is 24.1. The van der Waals surface area contributed by atoms with Gasteiger partial charge in [0.1, 0.15) is 0 Å². The molecule has 2 aromatic carbocycles. The number of anilines is 1. The predicted octanol–water partition coefficient (Wildman–Crippen LogP) is 4.61. The van der Waals surface area contributed by atoms with Gasteiger partial charge in [-0.25, -0.2) is 9.78 Å². The number of hydrogen-bond donors (Lipinski definition) is 2. The van der Waals surface area contributed by atoms with Gasteiger partial charge in [0.2, 0.25) is 11.8 Å². The zero-order valence-corrected chi connectivity index (χ0v) is 19.7. The molecule has 10 heteroatoms. The van der Waals surface area contributed by atoms with Crippen LogP contribution in [-0.2, 0) is 16.1 Å². The molecule has 0 radical (unpaired) electrons. The van der Waals surface area contributed by atoms with Crippen LogP contribution in [0, 0.1) is 0 Å². The summed E-state index contributed by atoms with van der Waals surface area (Å²) in [6.07, 6.45) is 0.00574. The third-order valence-electron chi connectivity index (χ3n) is 4.98. The van der Waals surface area contributed by atoms with Gasteiger partial charge in [-0.3, -0.25) is 9.59 Å². The predicted molar refractivity (Wildman–Crippen MR) is 131 cm³/mol. The highest BCUT2D eigenvalue weighted by Crippen LogP contribution is 2.29. The van der Waals surface area contributed by atoms with Crippen molar-refractivity contribution < 1.29 is 18.7 Å². The lowest BCUT2D eigenvalue weighted by Gasteiger charge is -2.07. The number of rotatable bonds is 8. The van der Waals surface area contributed by atoms with Crippen LogP contribution >= 0.6 is 22.9 Å². The SMILES string of the molecule is COc1cccc2cc(-c3csc(NC(=O)CCC(=O)NCc4ccccc4Cl)n3)c(=O)oc12. The number of methoxy groups -OCH3 is 1. The van der Waals surface area contributed by atoms with Gasteiger partial charge in [0, 0.05) is 35.2 Å². The Morgan fingerprint density at radius 2 is 1.91 bits per heavy atom. The van der Waals surface area contributed by atoms with E-state index < -0.39 is 5.63 Å². The van der Waals surface area contributed by atoms with Gasteiger partial charge in [0.15, 0.2) is 16.5 Å². The van der Waals surface area contributed by atoms with Gasteiger partial charge < -0.3 is 19.8 Å². The Balaban J connectivity index is 1.35. The smallest absolute Gasteiger partial charge is 0.345 e. The number of halogens is 1. The number of hydrogen-bond acceptors (Lipinski definition) is 7. The summed E-state index contributed by atoms with van der Waals surface area (Å²) in [5.74, 6) is -0.161. The summed E-state index contributed by atoms with van der Waals surface area (Å²) in [7, 11) is 1.50. The number of thiazole rings is 1. The number of carbonyl (C=O) groups excluding carboxylic acids is 2. The Morgan fingerprint density at radius 3 is 2.71 bits per heavy atom. The van der Waals surface area contributed by atoms with Crippen molar-refractivity contribution in [3.63, 3.8) is 0 Å². The molecule has 0 bridgehead atoms. The number of para-hydroxylation sites is 1. The summed E-state index contributed by atoms with van der Waals surface area (Å²) in [6, 6.07) is 14.2. The third kappa shape index (κ3) is 5.44. The van der Waals surface area contributed by atoms with Crippen molar-refractivity contribution >= 4 is 50.9 Å². The van der Waals surface area contributed by atoms with Gasteiger partial charge in [-0.1, -0.05) is 41.9 Å². The number of carbonyl (C=O) groups is 2. The Labute approximate surface area is 203 Å². The Hall–Kier alpha value is -3.69. The largest absolute Gasteiger partial charge is 0.493 e. The van der Waals surface area contributed by atoms with Crippen LogP contribution in [0.15, 0.2) is 63.1 Å². The van der Waals surface area contributed by atoms with Crippen LogP contribution < -0.4 is 21.0 Å². The van der Waals surface area contributed by atoms with Crippen molar-refractivity contribution in [2.24, 2.45) is 0 Å². The molecular formula is C24H20ClN3O5S. The maximum atomic E-state index is 12.5. The topological polar surface area (TPSA) is 111 Å². The van der Waals surface area contributed by atoms with E-state index >= 15 is 0 Å². The molecule has 8 nitrogen and oxygen atoms in total. The van der Waals surface area contributed by atoms with Crippen molar-refractivity contribution in [3.05, 3.63) is 74.9 Å². The molecule has 0 aliphatic heterocycles. The average Bonchev–Trinajstić information content (AvgIpc) is 3.29. The van der Waals surface area contributed by atoms with E-state index in [-0.39, 0.29) is 36.8 Å². The monoisotopic (exact) mass is 497 g/mol. The van der Waals surface area contributed by atoms with Gasteiger partial charge in [0.05, 0.1) is 18.4 Å². The molecule has 0 atom stereocenters. The summed E-state index contributed by atoms with van der Waals surface area (Å²) in [5, 5.41) is 8.64. The van der Waals surface area contributed by atoms with Crippen LogP contribution in [0.5, 0.6) is 5.75 Å². The van der Waals surface area contributed by atoms with Crippen molar-refractivity contribution in [2.45, 2.75) is 19.4 Å². The first-order valence-electron chi connectivity index (χ1n) is 10.3. The molecular weight excluding hydrogens is 478 g/mol. The van der Waals surface area contributed by atoms with Crippen molar-refractivity contribution in [3.8, 4) is 17.0 Å². The van der Waals surface area contributed by atoms with Crippen LogP contribution in [0.2, 0.25) is 5.02 Å². The van der Waals surface area contributed by atoms with E-state index in [0.717, 1.165) is 5.56 Å². The highest BCUT2D eigenvalue weighted by Gasteiger charge is 2.15. The van der Waals surface area contributed by atoms with Crippen LogP contribution in [0.1, 0.15) is 18.4 Å². The number of nitrogens with one attached hydrogen (secondary N) is 2. The first kappa shape index (κ1) is 23.5. The first-order valence-corrected chi connectivity index (χ1v) is 11.6. The number of ether oxygens (including phenoxy) is 1. The fourth-order valence-corrected chi connectivity index (χ4v) is 4.17. The minimum atomic E-state index is -0.560. The number of amides is 2. The van der Waals surface area contributed by atoms with Crippen LogP contribution in [0.4, 0.5) is 5.13 Å². The molecule has 0 unspecified atom stereocenters. The summed E-state index contributed by atoms with van der Waals surface area (Å²) >= 11 is 7.25. The second-order valence-corrected chi connectivity index (χ2v) is 8.55. The minimum Gasteiger partial charge on any atom is -0.493 e. The summed E-state index contributed by atoms with van der Waals surface area (Å²) in [5.41, 5.74) is 1.26. The van der Waals surface area contributed by atoms with Crippen molar-refractivity contribution in [2.75, 3.05) is 12.4 Å². The molecule has 4 rings (SSSR count). The van der Waals surface area contributed by atoms with E-state index in [0.29, 0.717) is 32.6 Å². The van der Waals surface area contributed by atoms with E-state index in [1.807, 2.05) is 18.2 Å². The van der Waals surface area contributed by atoms with E-state index in [2.05, 4.69) is 15.6 Å². The van der Waals surface area contributed by atoms with Crippen molar-refractivity contribution in [1.82, 2.24) is 10.3 Å². The van der Waals surface area contributed by atoms with Gasteiger partial charge in [-0.15, -0.1) is 11.3 Å². The quantitative estimate of drug-likeness (QED) is 0.344. The third-order valence-corrected chi connectivity index (χ3v) is 6.11. The molecule has 0 aliphatic carbocycles. The van der Waals surface area contributed by atoms with Gasteiger partial charge in [-0.05, 0) is 23.8 Å². The Bertz CT molecular complexity index is 1420. The standard InChI is InChI=1S/C24H20ClN3O5S/c1-32-19-8-4-6-14-11-16(23(31)33-22(14)19)18-13-34-24(27-18)28-21(30)10-9-20(29)26-12-15-5-2-3-7-17(15)25/h2-8,11,13H,9-10,12H2,1H3,(H,26,29)(H,27,28,30). The van der Waals surface area contributed by atoms with E-state index in [1.54, 1.807) is 35.7 Å². The second kappa shape index (κ2) is 10.5. The first-order chi connectivity index (χ1) is 16.4. The molecule has 34 heavy (non-hydrogen) atoms. The van der Waals surface area contributed by atoms with Crippen LogP contribution in [-0.4, -0.2) is 23.9 Å². The maximum Gasteiger partial charge on any atom is 0.345 e. The van der Waals surface area contributed by atoms with Gasteiger partial charge in [0.25, 0.3) is 0 Å². The fraction of sp³-hybridized carbons (Fsp3) is 0.167. The lowest BCUT2D eigenvalue weighted by Crippen LogP contribution is -2.24. The number of fused-ring (bicyclic) bond motifs is 1. The van der Waals surface area contributed by atoms with E-state index in [9.17, 15) is 14.4 Å². The number of benzene rings is 2. The lowest BCUT2D eigenvalue weighted by molar-refractivity contribution is -0.124. The lowest BCUT2D eigenvalue weighted by atomic mass is 10.1. The molecule has 174 valence electrons. The van der Waals surface area contributed by atoms with Gasteiger partial charge in [-0.2, -0.15) is 0 Å². The molecule has 0 saturated carbocycles. The Kier molecular flexibility index (Phi) is 7.24. The average molecular weight is 498 g/mol. The molecule has 4 aromatic rings. The van der Waals surface area contributed by atoms with E-state index in [1.165, 1.54) is 18.4 Å². The maximum absolute atomic E-state index is 12.5. The highest BCUT2D eigenvalue weighted by atomic mass is 35.5. The molecule has 0 fully saturated rings. The van der Waals surface area contributed by atoms with E-state index in [4.69, 9.17) is 20.8 Å². The van der Waals surface area contributed by atoms with Crippen LogP contribution in [0.25, 0.3) is 22.2 Å². The van der Waals surface area contributed by atoms with Crippen LogP contribution in [0.3, 0.4) is 0 Å². The second-order valence-electron chi connectivity index (χ2n) is 7.28. The van der Waals surface area contributed by atoms with Crippen molar-refractivity contribution in [1.29, 1.82) is 0 Å². The summed E-state index contributed by atoms with van der Waals surface area (Å²) in [4.78, 5) is 41.1. The molecule has 2 heterocycles. The normalized spacial score (nSPS) is 10.8. The highest BCUT2D eigenvalue weighted by molar-refractivity contribution is 7.14.